The first-order valence-electron chi connectivity index (χ1n) is 6.60. The molecule has 0 atom stereocenters. The Morgan fingerprint density at radius 1 is 1.20 bits per heavy atom. The van der Waals surface area contributed by atoms with Crippen LogP contribution < -0.4 is 4.90 Å². The van der Waals surface area contributed by atoms with Gasteiger partial charge in [0.1, 0.15) is 0 Å². The molecule has 0 radical (unpaired) electrons. The Labute approximate surface area is 118 Å². The van der Waals surface area contributed by atoms with Gasteiger partial charge in [0.25, 0.3) is 0 Å². The number of ether oxygens (including phenoxy) is 1. The van der Waals surface area contributed by atoms with Gasteiger partial charge in [-0.25, -0.2) is 0 Å². The van der Waals surface area contributed by atoms with Crippen molar-refractivity contribution in [2.24, 2.45) is 0 Å². The van der Waals surface area contributed by atoms with E-state index in [4.69, 9.17) is 10.00 Å². The van der Waals surface area contributed by atoms with E-state index in [1.165, 1.54) is 0 Å². The first-order valence-corrected chi connectivity index (χ1v) is 6.60. The van der Waals surface area contributed by atoms with Crippen molar-refractivity contribution in [3.05, 3.63) is 30.0 Å². The molecule has 1 aromatic heterocycles. The zero-order valence-electron chi connectivity index (χ0n) is 11.8. The Bertz CT molecular complexity index is 621. The van der Waals surface area contributed by atoms with Gasteiger partial charge in [-0.1, -0.05) is 24.3 Å². The Morgan fingerprint density at radius 3 is 2.65 bits per heavy atom. The number of fused-ring (bicyclic) bond motifs is 1. The van der Waals surface area contributed by atoms with E-state index in [9.17, 15) is 0 Å². The lowest BCUT2D eigenvalue weighted by Gasteiger charge is -2.23. The quantitative estimate of drug-likeness (QED) is 0.806. The van der Waals surface area contributed by atoms with Crippen LogP contribution in [0.3, 0.4) is 0 Å². The minimum atomic E-state index is 0.452. The highest BCUT2D eigenvalue weighted by atomic mass is 16.5. The number of anilines is 1. The lowest BCUT2D eigenvalue weighted by molar-refractivity contribution is 0.205. The summed E-state index contributed by atoms with van der Waals surface area (Å²) in [4.78, 5) is 2.06. The van der Waals surface area contributed by atoms with Crippen molar-refractivity contribution in [2.75, 3.05) is 31.7 Å². The van der Waals surface area contributed by atoms with Crippen molar-refractivity contribution in [3.8, 4) is 6.07 Å². The molecule has 0 saturated heterocycles. The van der Waals surface area contributed by atoms with Gasteiger partial charge in [0.05, 0.1) is 24.8 Å². The Kier molecular flexibility index (Phi) is 4.85. The van der Waals surface area contributed by atoms with E-state index in [-0.39, 0.29) is 0 Å². The van der Waals surface area contributed by atoms with Gasteiger partial charge in [-0.3, -0.25) is 0 Å². The lowest BCUT2D eigenvalue weighted by atomic mass is 10.1. The molecular formula is C15H18N4O. The highest BCUT2D eigenvalue weighted by Crippen LogP contribution is 2.25. The van der Waals surface area contributed by atoms with Gasteiger partial charge in [0, 0.05) is 31.0 Å². The Hall–Kier alpha value is -2.19. The minimum absolute atomic E-state index is 0.452. The van der Waals surface area contributed by atoms with Gasteiger partial charge in [0.15, 0.2) is 5.82 Å². The summed E-state index contributed by atoms with van der Waals surface area (Å²) in [6.45, 7) is 3.87. The number of aryl methyl sites for hydroxylation is 1. The fourth-order valence-electron chi connectivity index (χ4n) is 2.17. The maximum Gasteiger partial charge on any atom is 0.159 e. The van der Waals surface area contributed by atoms with Crippen LogP contribution >= 0.6 is 0 Å². The van der Waals surface area contributed by atoms with Gasteiger partial charge >= 0.3 is 0 Å². The van der Waals surface area contributed by atoms with E-state index in [1.807, 2.05) is 31.2 Å². The van der Waals surface area contributed by atoms with E-state index in [0.29, 0.717) is 26.1 Å². The SMILES string of the molecule is COCCN(CCC#N)c1nnc(C)c2ccccc12. The molecule has 5 nitrogen and oxygen atoms in total. The second kappa shape index (κ2) is 6.83. The minimum Gasteiger partial charge on any atom is -0.383 e. The van der Waals surface area contributed by atoms with Crippen LogP contribution in [0, 0.1) is 18.3 Å². The van der Waals surface area contributed by atoms with Gasteiger partial charge in [-0.05, 0) is 6.92 Å². The van der Waals surface area contributed by atoms with Crippen molar-refractivity contribution >= 4 is 16.6 Å². The highest BCUT2D eigenvalue weighted by Gasteiger charge is 2.13. The smallest absolute Gasteiger partial charge is 0.159 e. The molecule has 1 aromatic carbocycles. The zero-order valence-corrected chi connectivity index (χ0v) is 11.8. The molecule has 0 fully saturated rings. The first-order chi connectivity index (χ1) is 9.77. The first kappa shape index (κ1) is 14.2. The molecule has 1 heterocycles. The molecule has 0 saturated carbocycles. The van der Waals surface area contributed by atoms with Crippen LogP contribution in [0.15, 0.2) is 24.3 Å². The molecule has 0 bridgehead atoms. The van der Waals surface area contributed by atoms with E-state index in [0.717, 1.165) is 22.3 Å². The molecule has 104 valence electrons. The molecule has 2 aromatic rings. The van der Waals surface area contributed by atoms with Crippen LogP contribution in [-0.2, 0) is 4.74 Å². The standard InChI is InChI=1S/C15H18N4O/c1-12-13-6-3-4-7-14(13)15(18-17-12)19(9-5-8-16)10-11-20-2/h3-4,6-7H,5,9-11H2,1-2H3. The van der Waals surface area contributed by atoms with Crippen LogP contribution in [0.5, 0.6) is 0 Å². The van der Waals surface area contributed by atoms with Crippen LogP contribution in [0.25, 0.3) is 10.8 Å². The molecule has 0 aliphatic heterocycles. The molecule has 0 aliphatic rings. The molecule has 0 amide bonds. The monoisotopic (exact) mass is 270 g/mol. The summed E-state index contributed by atoms with van der Waals surface area (Å²) in [5.74, 6) is 0.818. The summed E-state index contributed by atoms with van der Waals surface area (Å²) < 4.78 is 5.14. The predicted molar refractivity (Wildman–Crippen MR) is 78.6 cm³/mol. The van der Waals surface area contributed by atoms with Crippen LogP contribution in [0.1, 0.15) is 12.1 Å². The second-order valence-electron chi connectivity index (χ2n) is 4.54. The van der Waals surface area contributed by atoms with Crippen molar-refractivity contribution in [1.29, 1.82) is 5.26 Å². The predicted octanol–water partition coefficient (Wildman–Crippen LogP) is 2.30. The third-order valence-electron chi connectivity index (χ3n) is 3.21. The molecule has 0 spiro atoms. The summed E-state index contributed by atoms with van der Waals surface area (Å²) >= 11 is 0. The van der Waals surface area contributed by atoms with Gasteiger partial charge in [0.2, 0.25) is 0 Å². The fraction of sp³-hybridized carbons (Fsp3) is 0.400. The molecular weight excluding hydrogens is 252 g/mol. The van der Waals surface area contributed by atoms with Crippen molar-refractivity contribution in [2.45, 2.75) is 13.3 Å². The van der Waals surface area contributed by atoms with Crippen LogP contribution in [0.2, 0.25) is 0 Å². The third kappa shape index (κ3) is 3.03. The average Bonchev–Trinajstić information content (AvgIpc) is 2.49. The topological polar surface area (TPSA) is 62.0 Å². The van der Waals surface area contributed by atoms with Crippen molar-refractivity contribution in [3.63, 3.8) is 0 Å². The van der Waals surface area contributed by atoms with E-state index >= 15 is 0 Å². The number of aromatic nitrogens is 2. The molecule has 20 heavy (non-hydrogen) atoms. The van der Waals surface area contributed by atoms with Crippen LogP contribution in [-0.4, -0.2) is 37.0 Å². The number of methoxy groups -OCH3 is 1. The van der Waals surface area contributed by atoms with Gasteiger partial charge < -0.3 is 9.64 Å². The van der Waals surface area contributed by atoms with E-state index in [2.05, 4.69) is 21.2 Å². The van der Waals surface area contributed by atoms with Crippen molar-refractivity contribution in [1.82, 2.24) is 10.2 Å². The number of nitrogens with zero attached hydrogens (tertiary/aromatic N) is 4. The average molecular weight is 270 g/mol. The van der Waals surface area contributed by atoms with E-state index < -0.39 is 0 Å². The number of benzene rings is 1. The fourth-order valence-corrected chi connectivity index (χ4v) is 2.17. The molecule has 0 unspecified atom stereocenters. The normalized spacial score (nSPS) is 10.4. The largest absolute Gasteiger partial charge is 0.383 e. The Morgan fingerprint density at radius 2 is 1.95 bits per heavy atom. The van der Waals surface area contributed by atoms with Gasteiger partial charge in [-0.15, -0.1) is 5.10 Å². The van der Waals surface area contributed by atoms with Gasteiger partial charge in [-0.2, -0.15) is 10.4 Å². The maximum absolute atomic E-state index is 8.80. The lowest BCUT2D eigenvalue weighted by Crippen LogP contribution is -2.29. The van der Waals surface area contributed by atoms with Crippen molar-refractivity contribution < 1.29 is 4.74 Å². The Balaban J connectivity index is 2.42. The third-order valence-corrected chi connectivity index (χ3v) is 3.21. The summed E-state index contributed by atoms with van der Waals surface area (Å²) in [5, 5.41) is 19.5. The van der Waals surface area contributed by atoms with E-state index in [1.54, 1.807) is 7.11 Å². The molecule has 2 rings (SSSR count). The zero-order chi connectivity index (χ0) is 14.4. The summed E-state index contributed by atoms with van der Waals surface area (Å²) in [5.41, 5.74) is 0.913. The summed E-state index contributed by atoms with van der Waals surface area (Å²) in [6.07, 6.45) is 0.452. The number of hydrogen-bond acceptors (Lipinski definition) is 5. The summed E-state index contributed by atoms with van der Waals surface area (Å²) in [7, 11) is 1.67. The number of nitriles is 1. The summed E-state index contributed by atoms with van der Waals surface area (Å²) in [6, 6.07) is 10.2. The van der Waals surface area contributed by atoms with Crippen LogP contribution in [0.4, 0.5) is 5.82 Å². The number of rotatable bonds is 6. The highest BCUT2D eigenvalue weighted by molar-refractivity contribution is 5.93. The molecule has 0 N–H and O–H groups in total. The number of hydrogen-bond donors (Lipinski definition) is 0. The maximum atomic E-state index is 8.80. The second-order valence-corrected chi connectivity index (χ2v) is 4.54. The molecule has 5 heteroatoms. The molecule has 0 aliphatic carbocycles.